The van der Waals surface area contributed by atoms with E-state index in [0.29, 0.717) is 11.8 Å². The summed E-state index contributed by atoms with van der Waals surface area (Å²) in [6.45, 7) is 11.8. The first kappa shape index (κ1) is 20.2. The minimum atomic E-state index is -1.30. The van der Waals surface area contributed by atoms with Crippen molar-refractivity contribution in [2.24, 2.45) is 0 Å². The fourth-order valence-corrected chi connectivity index (χ4v) is 5.27. The molecule has 0 bridgehead atoms. The van der Waals surface area contributed by atoms with Crippen LogP contribution < -0.4 is 0 Å². The van der Waals surface area contributed by atoms with E-state index in [4.69, 9.17) is 9.47 Å². The van der Waals surface area contributed by atoms with Gasteiger partial charge in [-0.3, -0.25) is 0 Å². The van der Waals surface area contributed by atoms with Gasteiger partial charge in [0.05, 0.1) is 19.9 Å². The van der Waals surface area contributed by atoms with E-state index >= 15 is 0 Å². The van der Waals surface area contributed by atoms with Gasteiger partial charge in [0, 0.05) is 0 Å². The lowest BCUT2D eigenvalue weighted by Gasteiger charge is -2.27. The molecule has 0 aromatic rings. The third kappa shape index (κ3) is 7.61. The Morgan fingerprint density at radius 2 is 1.23 bits per heavy atom. The van der Waals surface area contributed by atoms with Crippen LogP contribution in [0.3, 0.4) is 0 Å². The molecule has 0 saturated carbocycles. The SMILES string of the molecule is CCCCCCC[C@@H]1O[C@H](CCCCCC)[C@@H]([Si](C)(C)C)O1. The van der Waals surface area contributed by atoms with Crippen LogP contribution in [-0.2, 0) is 9.47 Å². The molecule has 1 saturated heterocycles. The number of ether oxygens (including phenoxy) is 2. The van der Waals surface area contributed by atoms with Gasteiger partial charge in [0.15, 0.2) is 6.29 Å². The molecule has 2 nitrogen and oxygen atoms in total. The van der Waals surface area contributed by atoms with Gasteiger partial charge in [0.1, 0.15) is 0 Å². The number of rotatable bonds is 12. The van der Waals surface area contributed by atoms with Crippen LogP contribution in [0.5, 0.6) is 0 Å². The predicted molar refractivity (Wildman–Crippen MR) is 99.0 cm³/mol. The van der Waals surface area contributed by atoms with Crippen molar-refractivity contribution in [3.8, 4) is 0 Å². The summed E-state index contributed by atoms with van der Waals surface area (Å²) < 4.78 is 12.6. The van der Waals surface area contributed by atoms with Crippen LogP contribution in [0.4, 0.5) is 0 Å². The van der Waals surface area contributed by atoms with Crippen molar-refractivity contribution in [3.05, 3.63) is 0 Å². The molecule has 1 heterocycles. The van der Waals surface area contributed by atoms with Gasteiger partial charge in [-0.2, -0.15) is 0 Å². The van der Waals surface area contributed by atoms with E-state index in [1.807, 2.05) is 0 Å². The Bertz CT molecular complexity index is 275. The van der Waals surface area contributed by atoms with E-state index in [1.165, 1.54) is 64.2 Å². The highest BCUT2D eigenvalue weighted by atomic mass is 28.3. The number of unbranched alkanes of at least 4 members (excludes halogenated alkanes) is 7. The number of hydrogen-bond acceptors (Lipinski definition) is 2. The van der Waals surface area contributed by atoms with Gasteiger partial charge in [-0.25, -0.2) is 0 Å². The lowest BCUT2D eigenvalue weighted by atomic mass is 10.1. The summed E-state index contributed by atoms with van der Waals surface area (Å²) in [5, 5.41) is 0. The van der Waals surface area contributed by atoms with E-state index in [9.17, 15) is 0 Å². The van der Waals surface area contributed by atoms with E-state index in [2.05, 4.69) is 33.5 Å². The summed E-state index contributed by atoms with van der Waals surface area (Å²) in [5.41, 5.74) is 0.398. The molecular formula is C19H40O2Si. The molecule has 0 radical (unpaired) electrons. The molecule has 132 valence electrons. The second kappa shape index (κ2) is 10.8. The Morgan fingerprint density at radius 1 is 0.682 bits per heavy atom. The summed E-state index contributed by atoms with van der Waals surface area (Å²) in [6.07, 6.45) is 14.7. The summed E-state index contributed by atoms with van der Waals surface area (Å²) >= 11 is 0. The fraction of sp³-hybridized carbons (Fsp3) is 1.00. The third-order valence-corrected chi connectivity index (χ3v) is 6.92. The minimum Gasteiger partial charge on any atom is -0.350 e. The Hall–Kier alpha value is 0.137. The summed E-state index contributed by atoms with van der Waals surface area (Å²) in [6, 6.07) is 0. The van der Waals surface area contributed by atoms with Crippen LogP contribution in [0.1, 0.15) is 84.5 Å². The van der Waals surface area contributed by atoms with Crippen molar-refractivity contribution in [1.82, 2.24) is 0 Å². The Kier molecular flexibility index (Phi) is 9.93. The molecule has 22 heavy (non-hydrogen) atoms. The zero-order valence-electron chi connectivity index (χ0n) is 15.8. The summed E-state index contributed by atoms with van der Waals surface area (Å²) in [5.74, 6) is 0. The van der Waals surface area contributed by atoms with Gasteiger partial charge >= 0.3 is 0 Å². The standard InChI is InChI=1S/C19H40O2Si/c1-6-8-10-12-14-16-18-20-17(15-13-11-9-7-2)19(21-18)22(3,4)5/h17-19H,6-16H2,1-5H3/t17-,18-,19-/m1/s1. The van der Waals surface area contributed by atoms with E-state index in [0.717, 1.165) is 6.42 Å². The smallest absolute Gasteiger partial charge is 0.158 e. The van der Waals surface area contributed by atoms with Crippen LogP contribution in [0.25, 0.3) is 0 Å². The minimum absolute atomic E-state index is 0.0783. The van der Waals surface area contributed by atoms with E-state index in [1.54, 1.807) is 0 Å². The van der Waals surface area contributed by atoms with Crippen LogP contribution in [-0.4, -0.2) is 26.2 Å². The van der Waals surface area contributed by atoms with Crippen molar-refractivity contribution in [2.45, 2.75) is 122 Å². The molecule has 0 N–H and O–H groups in total. The van der Waals surface area contributed by atoms with Gasteiger partial charge < -0.3 is 9.47 Å². The molecule has 0 spiro atoms. The molecule has 0 aromatic heterocycles. The van der Waals surface area contributed by atoms with Crippen molar-refractivity contribution in [2.75, 3.05) is 0 Å². The maximum Gasteiger partial charge on any atom is 0.158 e. The molecule has 3 heteroatoms. The van der Waals surface area contributed by atoms with Gasteiger partial charge in [0.2, 0.25) is 0 Å². The second-order valence-electron chi connectivity index (χ2n) is 8.08. The van der Waals surface area contributed by atoms with Crippen LogP contribution in [0.2, 0.25) is 19.6 Å². The molecule has 1 rings (SSSR count). The van der Waals surface area contributed by atoms with Crippen molar-refractivity contribution in [1.29, 1.82) is 0 Å². The lowest BCUT2D eigenvalue weighted by molar-refractivity contribution is -0.0674. The average molecular weight is 329 g/mol. The summed E-state index contributed by atoms with van der Waals surface area (Å²) in [7, 11) is -1.30. The quantitative estimate of drug-likeness (QED) is 0.309. The third-order valence-electron chi connectivity index (χ3n) is 4.70. The number of hydrogen-bond donors (Lipinski definition) is 0. The van der Waals surface area contributed by atoms with Gasteiger partial charge in [-0.1, -0.05) is 84.9 Å². The molecule has 1 fully saturated rings. The predicted octanol–water partition coefficient (Wildman–Crippen LogP) is 6.30. The zero-order valence-corrected chi connectivity index (χ0v) is 16.8. The molecule has 0 unspecified atom stereocenters. The summed E-state index contributed by atoms with van der Waals surface area (Å²) in [4.78, 5) is 0. The second-order valence-corrected chi connectivity index (χ2v) is 13.4. The normalized spacial score (nSPS) is 25.8. The van der Waals surface area contributed by atoms with Crippen molar-refractivity contribution < 1.29 is 9.47 Å². The first-order chi connectivity index (χ1) is 10.5. The molecule has 1 aliphatic rings. The molecule has 0 aliphatic carbocycles. The van der Waals surface area contributed by atoms with Gasteiger partial charge in [-0.05, 0) is 19.3 Å². The largest absolute Gasteiger partial charge is 0.350 e. The Labute approximate surface area is 140 Å². The maximum atomic E-state index is 6.34. The lowest BCUT2D eigenvalue weighted by Crippen LogP contribution is -2.45. The molecular weight excluding hydrogens is 288 g/mol. The highest BCUT2D eigenvalue weighted by molar-refractivity contribution is 6.77. The van der Waals surface area contributed by atoms with E-state index < -0.39 is 8.07 Å². The molecule has 3 atom stereocenters. The first-order valence-corrected chi connectivity index (χ1v) is 13.4. The van der Waals surface area contributed by atoms with Crippen molar-refractivity contribution in [3.63, 3.8) is 0 Å². The van der Waals surface area contributed by atoms with Crippen LogP contribution in [0.15, 0.2) is 0 Å². The van der Waals surface area contributed by atoms with E-state index in [-0.39, 0.29) is 6.29 Å². The first-order valence-electron chi connectivity index (χ1n) is 9.80. The van der Waals surface area contributed by atoms with Crippen LogP contribution in [0, 0.1) is 0 Å². The Morgan fingerprint density at radius 3 is 1.82 bits per heavy atom. The highest BCUT2D eigenvalue weighted by Crippen LogP contribution is 2.32. The zero-order chi connectivity index (χ0) is 16.4. The van der Waals surface area contributed by atoms with Gasteiger partial charge in [0.25, 0.3) is 0 Å². The topological polar surface area (TPSA) is 18.5 Å². The van der Waals surface area contributed by atoms with Crippen molar-refractivity contribution >= 4 is 8.07 Å². The average Bonchev–Trinajstić information content (AvgIpc) is 2.87. The molecule has 1 aliphatic heterocycles. The van der Waals surface area contributed by atoms with Crippen LogP contribution >= 0.6 is 0 Å². The monoisotopic (exact) mass is 328 g/mol. The fourth-order valence-electron chi connectivity index (χ4n) is 3.35. The Balaban J connectivity index is 2.35. The molecule has 0 amide bonds. The highest BCUT2D eigenvalue weighted by Gasteiger charge is 2.43. The van der Waals surface area contributed by atoms with Gasteiger partial charge in [-0.15, -0.1) is 0 Å². The maximum absolute atomic E-state index is 6.34. The molecule has 0 aromatic carbocycles.